The van der Waals surface area contributed by atoms with Gasteiger partial charge >= 0.3 is 0 Å². The van der Waals surface area contributed by atoms with Crippen LogP contribution in [-0.4, -0.2) is 14.9 Å². The SMILES string of the molecule is CCn1cc(Oc2cccc(Cl)c2CO)cn1. The molecule has 0 radical (unpaired) electrons. The van der Waals surface area contributed by atoms with Gasteiger partial charge in [0.2, 0.25) is 0 Å². The molecule has 0 atom stereocenters. The highest BCUT2D eigenvalue weighted by Gasteiger charge is 2.09. The van der Waals surface area contributed by atoms with Crippen LogP contribution < -0.4 is 4.74 Å². The van der Waals surface area contributed by atoms with E-state index in [1.54, 1.807) is 35.3 Å². The highest BCUT2D eigenvalue weighted by atomic mass is 35.5. The number of aliphatic hydroxyl groups excluding tert-OH is 1. The lowest BCUT2D eigenvalue weighted by atomic mass is 10.2. The Morgan fingerprint density at radius 1 is 1.47 bits per heavy atom. The number of aryl methyl sites for hydroxylation is 1. The molecule has 0 spiro atoms. The Balaban J connectivity index is 2.26. The number of hydrogen-bond donors (Lipinski definition) is 1. The minimum Gasteiger partial charge on any atom is -0.454 e. The third-order valence-electron chi connectivity index (χ3n) is 2.40. The minimum atomic E-state index is -0.156. The van der Waals surface area contributed by atoms with Gasteiger partial charge in [-0.1, -0.05) is 17.7 Å². The van der Waals surface area contributed by atoms with Gasteiger partial charge in [0, 0.05) is 17.1 Å². The first kappa shape index (κ1) is 12.0. The number of ether oxygens (including phenoxy) is 1. The van der Waals surface area contributed by atoms with Crippen molar-refractivity contribution in [3.63, 3.8) is 0 Å². The van der Waals surface area contributed by atoms with E-state index in [1.807, 2.05) is 6.92 Å². The average molecular weight is 253 g/mol. The molecular weight excluding hydrogens is 240 g/mol. The zero-order chi connectivity index (χ0) is 12.3. The molecule has 0 fully saturated rings. The van der Waals surface area contributed by atoms with Crippen molar-refractivity contribution < 1.29 is 9.84 Å². The fourth-order valence-electron chi connectivity index (χ4n) is 1.49. The van der Waals surface area contributed by atoms with Crippen molar-refractivity contribution in [2.75, 3.05) is 0 Å². The van der Waals surface area contributed by atoms with Crippen molar-refractivity contribution in [3.05, 3.63) is 41.2 Å². The van der Waals surface area contributed by atoms with Crippen LogP contribution >= 0.6 is 11.6 Å². The molecule has 0 aliphatic heterocycles. The van der Waals surface area contributed by atoms with E-state index in [-0.39, 0.29) is 6.61 Å². The molecule has 0 unspecified atom stereocenters. The molecule has 0 saturated carbocycles. The maximum absolute atomic E-state index is 9.24. The third kappa shape index (κ3) is 2.60. The number of aliphatic hydroxyl groups is 1. The molecule has 0 amide bonds. The standard InChI is InChI=1S/C12H13ClN2O2/c1-2-15-7-9(6-14-15)17-12-5-3-4-11(13)10(12)8-16/h3-7,16H,2,8H2,1H3. The number of aromatic nitrogens is 2. The van der Waals surface area contributed by atoms with Gasteiger partial charge < -0.3 is 9.84 Å². The van der Waals surface area contributed by atoms with Crippen LogP contribution in [-0.2, 0) is 13.2 Å². The second kappa shape index (κ2) is 5.21. The Labute approximate surface area is 104 Å². The van der Waals surface area contributed by atoms with E-state index in [0.717, 1.165) is 6.54 Å². The molecule has 4 nitrogen and oxygen atoms in total. The van der Waals surface area contributed by atoms with Crippen molar-refractivity contribution in [2.24, 2.45) is 0 Å². The maximum Gasteiger partial charge on any atom is 0.165 e. The summed E-state index contributed by atoms with van der Waals surface area (Å²) in [6, 6.07) is 5.26. The largest absolute Gasteiger partial charge is 0.454 e. The maximum atomic E-state index is 9.24. The predicted octanol–water partition coefficient (Wildman–Crippen LogP) is 2.84. The Morgan fingerprint density at radius 3 is 2.94 bits per heavy atom. The molecule has 0 saturated heterocycles. The Bertz CT molecular complexity index is 511. The van der Waals surface area contributed by atoms with Crippen molar-refractivity contribution in [3.8, 4) is 11.5 Å². The van der Waals surface area contributed by atoms with Crippen molar-refractivity contribution in [1.29, 1.82) is 0 Å². The molecule has 90 valence electrons. The molecule has 0 aliphatic rings. The second-order valence-corrected chi connectivity index (χ2v) is 3.92. The van der Waals surface area contributed by atoms with E-state index in [0.29, 0.717) is 22.1 Å². The van der Waals surface area contributed by atoms with Crippen LogP contribution in [0.4, 0.5) is 0 Å². The van der Waals surface area contributed by atoms with Crippen molar-refractivity contribution >= 4 is 11.6 Å². The zero-order valence-electron chi connectivity index (χ0n) is 9.43. The third-order valence-corrected chi connectivity index (χ3v) is 2.75. The van der Waals surface area contributed by atoms with E-state index in [9.17, 15) is 5.11 Å². The summed E-state index contributed by atoms with van der Waals surface area (Å²) < 4.78 is 7.40. The number of nitrogens with zero attached hydrogens (tertiary/aromatic N) is 2. The van der Waals surface area contributed by atoms with Gasteiger partial charge in [0.15, 0.2) is 5.75 Å². The monoisotopic (exact) mass is 252 g/mol. The van der Waals surface area contributed by atoms with Gasteiger partial charge in [0.25, 0.3) is 0 Å². The lowest BCUT2D eigenvalue weighted by Gasteiger charge is -2.08. The lowest BCUT2D eigenvalue weighted by Crippen LogP contribution is -1.93. The van der Waals surface area contributed by atoms with E-state index >= 15 is 0 Å². The number of hydrogen-bond acceptors (Lipinski definition) is 3. The van der Waals surface area contributed by atoms with Gasteiger partial charge in [0.1, 0.15) is 5.75 Å². The first-order valence-corrected chi connectivity index (χ1v) is 5.71. The minimum absolute atomic E-state index is 0.156. The van der Waals surface area contributed by atoms with Gasteiger partial charge in [-0.2, -0.15) is 5.10 Å². The molecule has 1 aromatic heterocycles. The van der Waals surface area contributed by atoms with Crippen LogP contribution in [0, 0.1) is 0 Å². The van der Waals surface area contributed by atoms with Crippen LogP contribution in [0.15, 0.2) is 30.6 Å². The summed E-state index contributed by atoms with van der Waals surface area (Å²) in [6.07, 6.45) is 3.42. The average Bonchev–Trinajstić information content (AvgIpc) is 2.77. The smallest absolute Gasteiger partial charge is 0.165 e. The van der Waals surface area contributed by atoms with Gasteiger partial charge in [-0.3, -0.25) is 4.68 Å². The fraction of sp³-hybridized carbons (Fsp3) is 0.250. The number of benzene rings is 1. The fourth-order valence-corrected chi connectivity index (χ4v) is 1.71. The summed E-state index contributed by atoms with van der Waals surface area (Å²) >= 11 is 5.97. The van der Waals surface area contributed by atoms with Gasteiger partial charge in [0.05, 0.1) is 19.0 Å². The normalized spacial score (nSPS) is 10.5. The molecule has 1 heterocycles. The van der Waals surface area contributed by atoms with Gasteiger partial charge in [-0.15, -0.1) is 0 Å². The van der Waals surface area contributed by atoms with E-state index in [2.05, 4.69) is 5.10 Å². The summed E-state index contributed by atoms with van der Waals surface area (Å²) in [5.41, 5.74) is 0.582. The van der Waals surface area contributed by atoms with Gasteiger partial charge in [-0.05, 0) is 19.1 Å². The summed E-state index contributed by atoms with van der Waals surface area (Å²) in [7, 11) is 0. The van der Waals surface area contributed by atoms with Crippen LogP contribution in [0.5, 0.6) is 11.5 Å². The summed E-state index contributed by atoms with van der Waals surface area (Å²) in [6.45, 7) is 2.62. The molecule has 0 bridgehead atoms. The number of rotatable bonds is 4. The number of halogens is 1. The van der Waals surface area contributed by atoms with Crippen LogP contribution in [0.3, 0.4) is 0 Å². The molecule has 1 N–H and O–H groups in total. The predicted molar refractivity (Wildman–Crippen MR) is 65.3 cm³/mol. The Kier molecular flexibility index (Phi) is 3.66. The van der Waals surface area contributed by atoms with Crippen LogP contribution in [0.1, 0.15) is 12.5 Å². The van der Waals surface area contributed by atoms with E-state index in [1.165, 1.54) is 0 Å². The van der Waals surface area contributed by atoms with E-state index in [4.69, 9.17) is 16.3 Å². The molecule has 17 heavy (non-hydrogen) atoms. The van der Waals surface area contributed by atoms with Crippen LogP contribution in [0.25, 0.3) is 0 Å². The first-order chi connectivity index (χ1) is 8.24. The quantitative estimate of drug-likeness (QED) is 0.910. The molecule has 1 aromatic carbocycles. The molecule has 2 rings (SSSR count). The van der Waals surface area contributed by atoms with E-state index < -0.39 is 0 Å². The van der Waals surface area contributed by atoms with Crippen molar-refractivity contribution in [2.45, 2.75) is 20.1 Å². The first-order valence-electron chi connectivity index (χ1n) is 5.33. The summed E-state index contributed by atoms with van der Waals surface area (Å²) in [5, 5.41) is 13.8. The summed E-state index contributed by atoms with van der Waals surface area (Å²) in [4.78, 5) is 0. The second-order valence-electron chi connectivity index (χ2n) is 3.51. The van der Waals surface area contributed by atoms with Crippen LogP contribution in [0.2, 0.25) is 5.02 Å². The molecule has 0 aliphatic carbocycles. The highest BCUT2D eigenvalue weighted by molar-refractivity contribution is 6.31. The molecule has 5 heteroatoms. The van der Waals surface area contributed by atoms with Crippen molar-refractivity contribution in [1.82, 2.24) is 9.78 Å². The summed E-state index contributed by atoms with van der Waals surface area (Å²) in [5.74, 6) is 1.18. The zero-order valence-corrected chi connectivity index (χ0v) is 10.2. The Morgan fingerprint density at radius 2 is 2.29 bits per heavy atom. The van der Waals surface area contributed by atoms with Gasteiger partial charge in [-0.25, -0.2) is 0 Å². The molecular formula is C12H13ClN2O2. The Hall–Kier alpha value is -1.52. The topological polar surface area (TPSA) is 47.3 Å². The lowest BCUT2D eigenvalue weighted by molar-refractivity contribution is 0.276. The molecule has 2 aromatic rings. The highest BCUT2D eigenvalue weighted by Crippen LogP contribution is 2.30.